The van der Waals surface area contributed by atoms with Gasteiger partial charge < -0.3 is 4.57 Å². The second-order valence-electron chi connectivity index (χ2n) is 8.61. The van der Waals surface area contributed by atoms with Crippen molar-refractivity contribution in [1.82, 2.24) is 0 Å². The zero-order valence-corrected chi connectivity index (χ0v) is 21.1. The normalized spacial score (nSPS) is 18.0. The Kier molecular flexibility index (Phi) is 5.19. The molecule has 0 aliphatic carbocycles. The van der Waals surface area contributed by atoms with Gasteiger partial charge in [-0.15, -0.1) is 0 Å². The average molecular weight is 493 g/mol. The molecule has 0 spiro atoms. The first-order valence-corrected chi connectivity index (χ1v) is 15.4. The predicted molar refractivity (Wildman–Crippen MR) is 148 cm³/mol. The van der Waals surface area contributed by atoms with E-state index in [2.05, 4.69) is 84.9 Å². The Hall–Kier alpha value is -3.16. The Labute approximate surface area is 206 Å². The number of benzene rings is 5. The van der Waals surface area contributed by atoms with E-state index in [-0.39, 0.29) is 0 Å². The van der Waals surface area contributed by atoms with E-state index in [1.807, 2.05) is 48.5 Å². The quantitative estimate of drug-likeness (QED) is 0.272. The van der Waals surface area contributed by atoms with Gasteiger partial charge in [0.15, 0.2) is 15.2 Å². The fourth-order valence-corrected chi connectivity index (χ4v) is 15.4. The Morgan fingerprint density at radius 2 is 1.03 bits per heavy atom. The molecular weight excluding hydrogens is 471 g/mol. The third-order valence-corrected chi connectivity index (χ3v) is 15.6. The van der Waals surface area contributed by atoms with Crippen molar-refractivity contribution < 1.29 is 4.57 Å². The van der Waals surface area contributed by atoms with Gasteiger partial charge in [0, 0.05) is 20.9 Å². The van der Waals surface area contributed by atoms with Crippen LogP contribution >= 0.6 is 18.7 Å². The Morgan fingerprint density at radius 3 is 1.65 bits per heavy atom. The van der Waals surface area contributed by atoms with Crippen LogP contribution < -0.4 is 36.7 Å². The Balaban J connectivity index is 1.85. The van der Waals surface area contributed by atoms with Gasteiger partial charge in [0.05, 0.1) is 0 Å². The fraction of sp³-hybridized carbons (Fsp3) is 0. The first kappa shape index (κ1) is 21.4. The van der Waals surface area contributed by atoms with Crippen LogP contribution in [0.5, 0.6) is 0 Å². The minimum atomic E-state index is -3.11. The van der Waals surface area contributed by atoms with E-state index in [1.54, 1.807) is 0 Å². The summed E-state index contributed by atoms with van der Waals surface area (Å²) in [6.07, 6.45) is 0. The molecule has 0 saturated carbocycles. The summed E-state index contributed by atoms with van der Waals surface area (Å²) in [5.74, 6) is 0. The third-order valence-electron chi connectivity index (χ3n) is 6.88. The minimum absolute atomic E-state index is 0.668. The summed E-state index contributed by atoms with van der Waals surface area (Å²) in [6, 6.07) is 45.7. The number of rotatable bonds is 3. The van der Waals surface area contributed by atoms with Crippen molar-refractivity contribution in [1.29, 1.82) is 0 Å². The third kappa shape index (κ3) is 2.96. The van der Waals surface area contributed by atoms with Gasteiger partial charge in [-0.1, -0.05) is 127 Å². The summed E-state index contributed by atoms with van der Waals surface area (Å²) in [4.78, 5) is 0. The highest BCUT2D eigenvalue weighted by Crippen LogP contribution is 2.44. The van der Waals surface area contributed by atoms with Crippen molar-refractivity contribution in [2.75, 3.05) is 0 Å². The van der Waals surface area contributed by atoms with Crippen LogP contribution in [0.1, 0.15) is 0 Å². The summed E-state index contributed by atoms with van der Waals surface area (Å²) in [5.41, 5.74) is 0. The van der Waals surface area contributed by atoms with E-state index >= 15 is 4.57 Å². The van der Waals surface area contributed by atoms with Gasteiger partial charge in [0.1, 0.15) is 0 Å². The van der Waals surface area contributed by atoms with Crippen LogP contribution in [-0.2, 0) is 4.57 Å². The summed E-state index contributed by atoms with van der Waals surface area (Å²) >= 11 is 6.68. The molecule has 164 valence electrons. The molecule has 1 nitrogen and oxygen atoms in total. The SMILES string of the molecule is O=P1(c2ccccc2)c2ccccc2[Si](c2ccccc2)(c2ccccc2)c2cc(Cl)ccc21. The molecule has 1 aliphatic heterocycles. The van der Waals surface area contributed by atoms with Gasteiger partial charge in [0.2, 0.25) is 0 Å². The number of hydrogen-bond donors (Lipinski definition) is 0. The molecule has 5 aromatic rings. The van der Waals surface area contributed by atoms with Crippen LogP contribution in [0.15, 0.2) is 133 Å². The van der Waals surface area contributed by atoms with Crippen LogP contribution in [0.3, 0.4) is 0 Å². The summed E-state index contributed by atoms with van der Waals surface area (Å²) in [6.45, 7) is 0. The van der Waals surface area contributed by atoms with Crippen molar-refractivity contribution in [3.63, 3.8) is 0 Å². The first-order chi connectivity index (χ1) is 16.7. The van der Waals surface area contributed by atoms with Gasteiger partial charge in [-0.05, 0) is 38.9 Å². The number of fused-ring (bicyclic) bond motifs is 2. The monoisotopic (exact) mass is 492 g/mol. The maximum atomic E-state index is 15.3. The molecule has 34 heavy (non-hydrogen) atoms. The molecule has 0 saturated heterocycles. The van der Waals surface area contributed by atoms with Crippen LogP contribution in [0.4, 0.5) is 0 Å². The summed E-state index contributed by atoms with van der Waals surface area (Å²) < 4.78 is 15.3. The number of hydrogen-bond acceptors (Lipinski definition) is 1. The van der Waals surface area contributed by atoms with Crippen LogP contribution in [0, 0.1) is 0 Å². The molecule has 1 aliphatic rings. The van der Waals surface area contributed by atoms with Crippen molar-refractivity contribution in [2.45, 2.75) is 0 Å². The highest BCUT2D eigenvalue weighted by atomic mass is 35.5. The van der Waals surface area contributed by atoms with Gasteiger partial charge in [0.25, 0.3) is 0 Å². The largest absolute Gasteiger partial charge is 0.309 e. The van der Waals surface area contributed by atoms with Crippen molar-refractivity contribution in [2.24, 2.45) is 0 Å². The smallest absolute Gasteiger partial charge is 0.181 e. The lowest BCUT2D eigenvalue weighted by molar-refractivity contribution is 0.592. The lowest BCUT2D eigenvalue weighted by Gasteiger charge is -2.43. The Morgan fingerprint density at radius 1 is 0.529 bits per heavy atom. The molecule has 0 N–H and O–H groups in total. The molecule has 0 amide bonds. The van der Waals surface area contributed by atoms with Crippen molar-refractivity contribution in [3.05, 3.63) is 138 Å². The standard InChI is InChI=1S/C30H22ClOPSi/c31-23-20-21-28-30(22-23)34(25-14-6-2-7-15-25,26-16-8-3-9-17-26)29-19-11-10-18-27(29)33(28,32)24-12-4-1-5-13-24/h1-22H. The number of halogens is 1. The van der Waals surface area contributed by atoms with E-state index in [0.717, 1.165) is 21.1 Å². The predicted octanol–water partition coefficient (Wildman–Crippen LogP) is 3.67. The maximum Gasteiger partial charge on any atom is 0.181 e. The molecule has 5 aromatic carbocycles. The zero-order chi connectivity index (χ0) is 23.2. The molecule has 0 bridgehead atoms. The minimum Gasteiger partial charge on any atom is -0.309 e. The van der Waals surface area contributed by atoms with Crippen LogP contribution in [-0.4, -0.2) is 8.07 Å². The molecule has 1 atom stereocenters. The molecule has 1 unspecified atom stereocenters. The van der Waals surface area contributed by atoms with Crippen molar-refractivity contribution >= 4 is 63.5 Å². The van der Waals surface area contributed by atoms with Crippen LogP contribution in [0.2, 0.25) is 5.02 Å². The molecule has 0 fully saturated rings. The highest BCUT2D eigenvalue weighted by Gasteiger charge is 2.52. The molecular formula is C30H22ClOPSi. The van der Waals surface area contributed by atoms with Gasteiger partial charge in [-0.3, -0.25) is 0 Å². The lowest BCUT2D eigenvalue weighted by Crippen LogP contribution is -2.81. The van der Waals surface area contributed by atoms with E-state index < -0.39 is 15.2 Å². The van der Waals surface area contributed by atoms with Gasteiger partial charge >= 0.3 is 0 Å². The second-order valence-corrected chi connectivity index (χ2v) is 15.5. The van der Waals surface area contributed by atoms with Crippen molar-refractivity contribution in [3.8, 4) is 0 Å². The zero-order valence-electron chi connectivity index (χ0n) is 18.4. The summed E-state index contributed by atoms with van der Waals surface area (Å²) in [7, 11) is -5.90. The first-order valence-electron chi connectivity index (χ1n) is 11.3. The van der Waals surface area contributed by atoms with E-state index in [1.165, 1.54) is 15.6 Å². The highest BCUT2D eigenvalue weighted by molar-refractivity contribution is 7.87. The summed E-state index contributed by atoms with van der Waals surface area (Å²) in [5, 5.41) is 8.18. The van der Waals surface area contributed by atoms with Gasteiger partial charge in [-0.2, -0.15) is 0 Å². The lowest BCUT2D eigenvalue weighted by atomic mass is 10.3. The van der Waals surface area contributed by atoms with E-state index in [0.29, 0.717) is 5.02 Å². The van der Waals surface area contributed by atoms with Gasteiger partial charge in [-0.25, -0.2) is 0 Å². The fourth-order valence-electron chi connectivity index (χ4n) is 5.50. The molecule has 4 heteroatoms. The van der Waals surface area contributed by atoms with E-state index in [9.17, 15) is 0 Å². The molecule has 6 rings (SSSR count). The maximum absolute atomic E-state index is 15.3. The van der Waals surface area contributed by atoms with E-state index in [4.69, 9.17) is 11.6 Å². The van der Waals surface area contributed by atoms with Crippen LogP contribution in [0.25, 0.3) is 0 Å². The second kappa shape index (κ2) is 8.25. The Bertz CT molecular complexity index is 1500. The molecule has 1 heterocycles. The topological polar surface area (TPSA) is 17.1 Å². The average Bonchev–Trinajstić information content (AvgIpc) is 2.91. The molecule has 0 radical (unpaired) electrons. The molecule has 0 aromatic heterocycles.